The molecule has 0 radical (unpaired) electrons. The van der Waals surface area contributed by atoms with Gasteiger partial charge in [0.15, 0.2) is 0 Å². The fourth-order valence-electron chi connectivity index (χ4n) is 4.44. The third-order valence-corrected chi connectivity index (χ3v) is 7.75. The second-order valence-electron chi connectivity index (χ2n) is 11.0. The molecular formula is C33H60N2O5. The number of amides is 1. The molecule has 0 rings (SSSR count). The molecule has 0 aromatic rings. The molecule has 0 aliphatic carbocycles. The highest BCUT2D eigenvalue weighted by atomic mass is 16.5. The van der Waals surface area contributed by atoms with Gasteiger partial charge in [0.05, 0.1) is 32.0 Å². The Kier molecular flexibility index (Phi) is 19.7. The molecule has 4 atom stereocenters. The average Bonchev–Trinajstić information content (AvgIpc) is 2.94. The van der Waals surface area contributed by atoms with E-state index in [0.29, 0.717) is 24.8 Å². The second kappa shape index (κ2) is 20.7. The van der Waals surface area contributed by atoms with E-state index < -0.39 is 0 Å². The lowest BCUT2D eigenvalue weighted by atomic mass is 9.93. The van der Waals surface area contributed by atoms with E-state index in [9.17, 15) is 4.79 Å². The molecule has 0 aromatic heterocycles. The van der Waals surface area contributed by atoms with Gasteiger partial charge in [-0.05, 0) is 78.5 Å². The minimum Gasteiger partial charge on any atom is -0.501 e. The number of ether oxygens (including phenoxy) is 4. The number of hydrogen-bond donors (Lipinski definition) is 0. The molecule has 4 unspecified atom stereocenters. The highest BCUT2D eigenvalue weighted by molar-refractivity contribution is 5.80. The lowest BCUT2D eigenvalue weighted by molar-refractivity contribution is -0.136. The predicted molar refractivity (Wildman–Crippen MR) is 167 cm³/mol. The molecule has 1 amide bonds. The molecule has 0 aromatic carbocycles. The number of unbranched alkanes of at least 4 members (excludes halogenated alkanes) is 1. The van der Waals surface area contributed by atoms with Gasteiger partial charge in [0.2, 0.25) is 5.91 Å². The van der Waals surface area contributed by atoms with Crippen LogP contribution in [0.4, 0.5) is 0 Å². The molecule has 0 aliphatic heterocycles. The summed E-state index contributed by atoms with van der Waals surface area (Å²) in [7, 11) is 8.84. The van der Waals surface area contributed by atoms with Gasteiger partial charge in [-0.2, -0.15) is 0 Å². The fraction of sp³-hybridized carbons (Fsp3) is 0.727. The number of rotatable bonds is 20. The molecule has 232 valence electrons. The van der Waals surface area contributed by atoms with Gasteiger partial charge in [0.1, 0.15) is 5.76 Å². The zero-order chi connectivity index (χ0) is 30.8. The third kappa shape index (κ3) is 13.5. The van der Waals surface area contributed by atoms with Crippen LogP contribution in [0.1, 0.15) is 74.7 Å². The minimum absolute atomic E-state index is 0.0464. The predicted octanol–water partition coefficient (Wildman–Crippen LogP) is 6.62. The molecule has 7 heteroatoms. The minimum atomic E-state index is -0.341. The van der Waals surface area contributed by atoms with Gasteiger partial charge >= 0.3 is 0 Å². The molecule has 0 spiro atoms. The number of carbonyl (C=O) groups excluding carboxylic acids is 1. The van der Waals surface area contributed by atoms with Gasteiger partial charge in [0.25, 0.3) is 0 Å². The van der Waals surface area contributed by atoms with E-state index in [4.69, 9.17) is 18.9 Å². The van der Waals surface area contributed by atoms with Crippen LogP contribution in [-0.2, 0) is 23.7 Å². The first-order chi connectivity index (χ1) is 18.9. The van der Waals surface area contributed by atoms with Gasteiger partial charge in [-0.15, -0.1) is 0 Å². The molecule has 40 heavy (non-hydrogen) atoms. The number of hydrogen-bond acceptors (Lipinski definition) is 6. The standard InChI is InChI=1S/C33H60N2O5/c1-14-30(23-34(9)29(8)32(28(7)24(2)3)18-17-26(5)38-11)35(19-15-16-20-37-10)33(36)25(4)21-31(40-13)22-27(6)39-12/h17-18,21-22,24-26,29-30H,14-16,19-20,23H2,1-13H3/b18-17-,27-22+,31-21+,32-28+. The van der Waals surface area contributed by atoms with E-state index in [2.05, 4.69) is 63.6 Å². The zero-order valence-corrected chi connectivity index (χ0v) is 27.9. The molecule has 0 aliphatic rings. The van der Waals surface area contributed by atoms with Crippen LogP contribution in [0, 0.1) is 11.8 Å². The normalized spacial score (nSPS) is 16.7. The first-order valence-corrected chi connectivity index (χ1v) is 14.8. The van der Waals surface area contributed by atoms with Crippen LogP contribution in [0.25, 0.3) is 0 Å². The van der Waals surface area contributed by atoms with E-state index in [1.807, 2.05) is 32.9 Å². The summed E-state index contributed by atoms with van der Waals surface area (Å²) in [6.45, 7) is 19.1. The Hall–Kier alpha value is -2.09. The Balaban J connectivity index is 6.16. The lowest BCUT2D eigenvalue weighted by Gasteiger charge is -2.38. The Morgan fingerprint density at radius 2 is 1.60 bits per heavy atom. The van der Waals surface area contributed by atoms with Gasteiger partial charge in [-0.1, -0.05) is 38.5 Å². The maximum atomic E-state index is 13.9. The first kappa shape index (κ1) is 37.9. The Labute approximate surface area is 246 Å². The van der Waals surface area contributed by atoms with Crippen molar-refractivity contribution in [1.82, 2.24) is 9.80 Å². The van der Waals surface area contributed by atoms with Crippen molar-refractivity contribution >= 4 is 5.91 Å². The SMILES string of the molecule is CCC(CN(C)C(C)C(/C=C\C(C)OC)=C(\C)C(C)C)N(CCCCOC)C(=O)C(C)/C=C(\C=C(/C)OC)OC. The summed E-state index contributed by atoms with van der Waals surface area (Å²) in [5.41, 5.74) is 2.67. The van der Waals surface area contributed by atoms with Crippen molar-refractivity contribution in [3.05, 3.63) is 47.0 Å². The molecule has 7 nitrogen and oxygen atoms in total. The lowest BCUT2D eigenvalue weighted by Crippen LogP contribution is -2.49. The highest BCUT2D eigenvalue weighted by Gasteiger charge is 2.28. The van der Waals surface area contributed by atoms with Crippen molar-refractivity contribution in [3.63, 3.8) is 0 Å². The molecule has 0 saturated carbocycles. The molecular weight excluding hydrogens is 504 g/mol. The number of methoxy groups -OCH3 is 4. The van der Waals surface area contributed by atoms with E-state index in [0.717, 1.165) is 31.6 Å². The molecule has 0 bridgehead atoms. The molecule has 0 fully saturated rings. The highest BCUT2D eigenvalue weighted by Crippen LogP contribution is 2.23. The van der Waals surface area contributed by atoms with E-state index >= 15 is 0 Å². The number of allylic oxidation sites excluding steroid dienone is 3. The van der Waals surface area contributed by atoms with Crippen molar-refractivity contribution in [3.8, 4) is 0 Å². The summed E-state index contributed by atoms with van der Waals surface area (Å²) in [6.07, 6.45) is 10.7. The maximum Gasteiger partial charge on any atom is 0.229 e. The number of carbonyl (C=O) groups is 1. The summed E-state index contributed by atoms with van der Waals surface area (Å²) < 4.78 is 21.5. The summed E-state index contributed by atoms with van der Waals surface area (Å²) in [5, 5.41) is 0. The summed E-state index contributed by atoms with van der Waals surface area (Å²) in [6, 6.07) is 0.254. The van der Waals surface area contributed by atoms with Gasteiger partial charge in [-0.3, -0.25) is 9.69 Å². The smallest absolute Gasteiger partial charge is 0.229 e. The fourth-order valence-corrected chi connectivity index (χ4v) is 4.44. The topological polar surface area (TPSA) is 60.5 Å². The number of nitrogens with zero attached hydrogens (tertiary/aromatic N) is 2. The Morgan fingerprint density at radius 3 is 2.10 bits per heavy atom. The van der Waals surface area contributed by atoms with Crippen LogP contribution in [0.2, 0.25) is 0 Å². The molecule has 0 heterocycles. The van der Waals surface area contributed by atoms with E-state index in [-0.39, 0.29) is 30.0 Å². The monoisotopic (exact) mass is 564 g/mol. The molecule has 0 N–H and O–H groups in total. The quantitative estimate of drug-likeness (QED) is 0.0941. The zero-order valence-electron chi connectivity index (χ0n) is 27.9. The number of likely N-dealkylation sites (N-methyl/N-ethyl adjacent to an activating group) is 1. The van der Waals surface area contributed by atoms with Crippen LogP contribution in [0.3, 0.4) is 0 Å². The Bertz CT molecular complexity index is 846. The largest absolute Gasteiger partial charge is 0.501 e. The van der Waals surface area contributed by atoms with E-state index in [1.54, 1.807) is 28.4 Å². The molecule has 0 saturated heterocycles. The Morgan fingerprint density at radius 1 is 0.950 bits per heavy atom. The van der Waals surface area contributed by atoms with Crippen LogP contribution < -0.4 is 0 Å². The summed E-state index contributed by atoms with van der Waals surface area (Å²) >= 11 is 0. The summed E-state index contributed by atoms with van der Waals surface area (Å²) in [4.78, 5) is 18.3. The van der Waals surface area contributed by atoms with Gasteiger partial charge in [0, 0.05) is 52.1 Å². The van der Waals surface area contributed by atoms with Crippen LogP contribution >= 0.6 is 0 Å². The summed E-state index contributed by atoms with van der Waals surface area (Å²) in [5.74, 6) is 1.54. The average molecular weight is 565 g/mol. The van der Waals surface area contributed by atoms with Crippen LogP contribution in [-0.4, -0.2) is 89.1 Å². The van der Waals surface area contributed by atoms with Crippen molar-refractivity contribution in [2.75, 3.05) is 55.2 Å². The van der Waals surface area contributed by atoms with Gasteiger partial charge in [-0.25, -0.2) is 0 Å². The van der Waals surface area contributed by atoms with E-state index in [1.165, 1.54) is 11.1 Å². The van der Waals surface area contributed by atoms with Crippen molar-refractivity contribution in [2.24, 2.45) is 11.8 Å². The van der Waals surface area contributed by atoms with Gasteiger partial charge < -0.3 is 23.8 Å². The van der Waals surface area contributed by atoms with Crippen molar-refractivity contribution in [2.45, 2.75) is 92.8 Å². The van der Waals surface area contributed by atoms with Crippen LogP contribution in [0.15, 0.2) is 47.0 Å². The van der Waals surface area contributed by atoms with Crippen LogP contribution in [0.5, 0.6) is 0 Å². The first-order valence-electron chi connectivity index (χ1n) is 14.8. The van der Waals surface area contributed by atoms with Crippen molar-refractivity contribution in [1.29, 1.82) is 0 Å². The third-order valence-electron chi connectivity index (χ3n) is 7.75. The maximum absolute atomic E-state index is 13.9. The van der Waals surface area contributed by atoms with Crippen molar-refractivity contribution < 1.29 is 23.7 Å². The second-order valence-corrected chi connectivity index (χ2v) is 11.0.